The summed E-state index contributed by atoms with van der Waals surface area (Å²) in [6.07, 6.45) is 4.92. The van der Waals surface area contributed by atoms with Crippen LogP contribution in [0.2, 0.25) is 0 Å². The quantitative estimate of drug-likeness (QED) is 0.775. The van der Waals surface area contributed by atoms with Crippen LogP contribution in [0.15, 0.2) is 0 Å². The Labute approximate surface area is 102 Å². The van der Waals surface area contributed by atoms with Gasteiger partial charge >= 0.3 is 0 Å². The van der Waals surface area contributed by atoms with Crippen molar-refractivity contribution in [1.82, 2.24) is 10.6 Å². The molecule has 2 unspecified atom stereocenters. The van der Waals surface area contributed by atoms with E-state index in [1.54, 1.807) is 11.8 Å². The zero-order chi connectivity index (χ0) is 11.6. The molecule has 1 amide bonds. The number of hydrogen-bond donors (Lipinski definition) is 2. The molecule has 2 atom stereocenters. The third kappa shape index (κ3) is 2.72. The zero-order valence-corrected chi connectivity index (χ0v) is 11.0. The summed E-state index contributed by atoms with van der Waals surface area (Å²) in [5, 5.41) is 6.46. The van der Waals surface area contributed by atoms with Gasteiger partial charge in [-0.05, 0) is 18.3 Å². The van der Waals surface area contributed by atoms with Crippen LogP contribution in [0.3, 0.4) is 0 Å². The highest BCUT2D eigenvalue weighted by Crippen LogP contribution is 2.35. The molecule has 92 valence electrons. The first-order chi connectivity index (χ1) is 7.59. The van der Waals surface area contributed by atoms with E-state index in [1.165, 1.54) is 19.3 Å². The summed E-state index contributed by atoms with van der Waals surface area (Å²) in [5.74, 6) is 2.02. The zero-order valence-electron chi connectivity index (χ0n) is 10.2. The van der Waals surface area contributed by atoms with Crippen LogP contribution in [0.4, 0.5) is 0 Å². The van der Waals surface area contributed by atoms with Crippen molar-refractivity contribution in [2.75, 3.05) is 11.6 Å². The van der Waals surface area contributed by atoms with Crippen LogP contribution in [0.5, 0.6) is 0 Å². The largest absolute Gasteiger partial charge is 0.351 e. The first-order valence-corrected chi connectivity index (χ1v) is 7.36. The monoisotopic (exact) mass is 242 g/mol. The van der Waals surface area contributed by atoms with Crippen molar-refractivity contribution in [3.05, 3.63) is 0 Å². The molecule has 0 aromatic heterocycles. The number of nitrogens with one attached hydrogen (secondary N) is 2. The SMILES string of the molecule is CC1(C)CCCCC1NC(=O)C1CSCN1. The van der Waals surface area contributed by atoms with Crippen LogP contribution in [-0.2, 0) is 4.79 Å². The van der Waals surface area contributed by atoms with Gasteiger partial charge in [0.15, 0.2) is 0 Å². The van der Waals surface area contributed by atoms with Crippen molar-refractivity contribution >= 4 is 17.7 Å². The molecular weight excluding hydrogens is 220 g/mol. The van der Waals surface area contributed by atoms with Crippen LogP contribution < -0.4 is 10.6 Å². The van der Waals surface area contributed by atoms with Crippen molar-refractivity contribution in [3.8, 4) is 0 Å². The predicted molar refractivity (Wildman–Crippen MR) is 68.4 cm³/mol. The van der Waals surface area contributed by atoms with E-state index in [1.807, 2.05) is 0 Å². The third-order valence-corrected chi connectivity index (χ3v) is 4.80. The summed E-state index contributed by atoms with van der Waals surface area (Å²) in [6, 6.07) is 0.392. The Bertz CT molecular complexity index is 262. The summed E-state index contributed by atoms with van der Waals surface area (Å²) in [6.45, 7) is 4.54. The number of thioether (sulfide) groups is 1. The van der Waals surface area contributed by atoms with Crippen LogP contribution in [0.1, 0.15) is 39.5 Å². The van der Waals surface area contributed by atoms with E-state index in [0.29, 0.717) is 6.04 Å². The maximum Gasteiger partial charge on any atom is 0.238 e. The lowest BCUT2D eigenvalue weighted by Gasteiger charge is -2.39. The minimum atomic E-state index is 0.0303. The Morgan fingerprint density at radius 1 is 1.44 bits per heavy atom. The van der Waals surface area contributed by atoms with Crippen molar-refractivity contribution in [2.24, 2.45) is 5.41 Å². The van der Waals surface area contributed by atoms with Gasteiger partial charge < -0.3 is 5.32 Å². The maximum absolute atomic E-state index is 12.0. The molecule has 0 aromatic rings. The molecule has 16 heavy (non-hydrogen) atoms. The van der Waals surface area contributed by atoms with Gasteiger partial charge in [0.1, 0.15) is 0 Å². The summed E-state index contributed by atoms with van der Waals surface area (Å²) in [4.78, 5) is 12.0. The molecule has 2 fully saturated rings. The second-order valence-electron chi connectivity index (χ2n) is 5.57. The van der Waals surface area contributed by atoms with Crippen molar-refractivity contribution in [2.45, 2.75) is 51.6 Å². The first-order valence-electron chi connectivity index (χ1n) is 6.21. The molecule has 1 saturated heterocycles. The smallest absolute Gasteiger partial charge is 0.238 e. The van der Waals surface area contributed by atoms with Gasteiger partial charge in [0.25, 0.3) is 0 Å². The summed E-state index contributed by atoms with van der Waals surface area (Å²) < 4.78 is 0. The molecule has 0 spiro atoms. The van der Waals surface area contributed by atoms with E-state index in [2.05, 4.69) is 24.5 Å². The van der Waals surface area contributed by atoms with Crippen LogP contribution in [-0.4, -0.2) is 29.6 Å². The van der Waals surface area contributed by atoms with Gasteiger partial charge in [0, 0.05) is 17.7 Å². The highest BCUT2D eigenvalue weighted by Gasteiger charge is 2.34. The average molecular weight is 242 g/mol. The molecule has 0 bridgehead atoms. The molecule has 1 saturated carbocycles. The molecule has 1 aliphatic carbocycles. The van der Waals surface area contributed by atoms with Gasteiger partial charge in [0.2, 0.25) is 5.91 Å². The van der Waals surface area contributed by atoms with Crippen LogP contribution in [0.25, 0.3) is 0 Å². The maximum atomic E-state index is 12.0. The molecule has 0 radical (unpaired) electrons. The van der Waals surface area contributed by atoms with Crippen LogP contribution in [0, 0.1) is 5.41 Å². The molecule has 2 aliphatic rings. The molecule has 3 nitrogen and oxygen atoms in total. The summed E-state index contributed by atoms with van der Waals surface area (Å²) >= 11 is 1.80. The number of carbonyl (C=O) groups is 1. The summed E-state index contributed by atoms with van der Waals surface area (Å²) in [7, 11) is 0. The van der Waals surface area contributed by atoms with Gasteiger partial charge in [-0.3, -0.25) is 10.1 Å². The molecule has 4 heteroatoms. The Morgan fingerprint density at radius 2 is 2.25 bits per heavy atom. The van der Waals surface area contributed by atoms with E-state index in [-0.39, 0.29) is 17.4 Å². The highest BCUT2D eigenvalue weighted by molar-refractivity contribution is 7.99. The number of hydrogen-bond acceptors (Lipinski definition) is 3. The average Bonchev–Trinajstić information content (AvgIpc) is 2.74. The van der Waals surface area contributed by atoms with Crippen LogP contribution >= 0.6 is 11.8 Å². The number of rotatable bonds is 2. The van der Waals surface area contributed by atoms with Crippen molar-refractivity contribution < 1.29 is 4.79 Å². The molecule has 2 rings (SSSR count). The van der Waals surface area contributed by atoms with Crippen molar-refractivity contribution in [3.63, 3.8) is 0 Å². The molecule has 1 aliphatic heterocycles. The van der Waals surface area contributed by atoms with Gasteiger partial charge in [-0.25, -0.2) is 0 Å². The van der Waals surface area contributed by atoms with Gasteiger partial charge in [-0.2, -0.15) is 0 Å². The highest BCUT2D eigenvalue weighted by atomic mass is 32.2. The lowest BCUT2D eigenvalue weighted by Crippen LogP contribution is -2.52. The third-order valence-electron chi connectivity index (χ3n) is 3.86. The minimum absolute atomic E-state index is 0.0303. The molecular formula is C12H22N2OS. The van der Waals surface area contributed by atoms with E-state index in [0.717, 1.165) is 18.1 Å². The Kier molecular flexibility index (Phi) is 3.80. The lowest BCUT2D eigenvalue weighted by molar-refractivity contribution is -0.124. The first kappa shape index (κ1) is 12.2. The fourth-order valence-corrected chi connectivity index (χ4v) is 3.54. The van der Waals surface area contributed by atoms with E-state index in [4.69, 9.17) is 0 Å². The normalized spacial score (nSPS) is 33.6. The van der Waals surface area contributed by atoms with Gasteiger partial charge in [0.05, 0.1) is 6.04 Å². The number of carbonyl (C=O) groups excluding carboxylic acids is 1. The Hall–Kier alpha value is -0.220. The van der Waals surface area contributed by atoms with E-state index in [9.17, 15) is 4.79 Å². The molecule has 1 heterocycles. The van der Waals surface area contributed by atoms with Gasteiger partial charge in [-0.15, -0.1) is 11.8 Å². The minimum Gasteiger partial charge on any atom is -0.351 e. The second-order valence-corrected chi connectivity index (χ2v) is 6.60. The Balaban J connectivity index is 1.89. The standard InChI is InChI=1S/C12H22N2OS/c1-12(2)6-4-3-5-10(12)14-11(15)9-7-16-8-13-9/h9-10,13H,3-8H2,1-2H3,(H,14,15). The fraction of sp³-hybridized carbons (Fsp3) is 0.917. The Morgan fingerprint density at radius 3 is 2.88 bits per heavy atom. The van der Waals surface area contributed by atoms with Gasteiger partial charge in [-0.1, -0.05) is 26.7 Å². The summed E-state index contributed by atoms with van der Waals surface area (Å²) in [5.41, 5.74) is 0.264. The van der Waals surface area contributed by atoms with E-state index < -0.39 is 0 Å². The van der Waals surface area contributed by atoms with E-state index >= 15 is 0 Å². The van der Waals surface area contributed by atoms with Crippen molar-refractivity contribution in [1.29, 1.82) is 0 Å². The fourth-order valence-electron chi connectivity index (χ4n) is 2.60. The number of amides is 1. The predicted octanol–water partition coefficient (Wildman–Crippen LogP) is 1.73. The molecule has 0 aromatic carbocycles. The second kappa shape index (κ2) is 4.96. The lowest BCUT2D eigenvalue weighted by atomic mass is 9.73. The molecule has 2 N–H and O–H groups in total. The topological polar surface area (TPSA) is 41.1 Å².